The van der Waals surface area contributed by atoms with Crippen LogP contribution in [-0.2, 0) is 4.74 Å². The molecule has 0 radical (unpaired) electrons. The second-order valence-corrected chi connectivity index (χ2v) is 3.44. The Morgan fingerprint density at radius 3 is 2.62 bits per heavy atom. The van der Waals surface area contributed by atoms with Gasteiger partial charge in [-0.15, -0.1) is 0 Å². The number of amides is 1. The lowest BCUT2D eigenvalue weighted by Crippen LogP contribution is -2.32. The quantitative estimate of drug-likeness (QED) is 0.681. The van der Waals surface area contributed by atoms with Crippen molar-refractivity contribution in [2.24, 2.45) is 5.92 Å². The molecule has 4 nitrogen and oxygen atoms in total. The number of alkyl carbamates (subject to hydrolysis) is 1. The van der Waals surface area contributed by atoms with Gasteiger partial charge in [-0.05, 0) is 12.3 Å². The largest absolute Gasteiger partial charge is 0.449 e. The van der Waals surface area contributed by atoms with Gasteiger partial charge in [0.15, 0.2) is 0 Å². The summed E-state index contributed by atoms with van der Waals surface area (Å²) in [4.78, 5) is 10.9. The molecule has 0 aliphatic rings. The molecule has 1 atom stereocenters. The molecule has 0 heterocycles. The van der Waals surface area contributed by atoms with Crippen molar-refractivity contribution in [1.29, 1.82) is 0 Å². The van der Waals surface area contributed by atoms with Gasteiger partial charge in [0.25, 0.3) is 0 Å². The maximum atomic E-state index is 10.9. The first kappa shape index (κ1) is 12.2. The SMILES string of the molecule is CCC(O)CNC(=O)OCC(C)C. The molecule has 0 aliphatic carbocycles. The summed E-state index contributed by atoms with van der Waals surface area (Å²) in [6.45, 7) is 6.45. The highest BCUT2D eigenvalue weighted by Crippen LogP contribution is 1.93. The minimum absolute atomic E-state index is 0.257. The number of nitrogens with one attached hydrogen (secondary N) is 1. The maximum absolute atomic E-state index is 10.9. The number of aliphatic hydroxyl groups is 1. The fraction of sp³-hybridized carbons (Fsp3) is 0.889. The standard InChI is InChI=1S/C9H19NO3/c1-4-8(11)5-10-9(12)13-6-7(2)3/h7-8,11H,4-6H2,1-3H3,(H,10,12). The number of ether oxygens (including phenoxy) is 1. The molecule has 1 amide bonds. The number of hydrogen-bond acceptors (Lipinski definition) is 3. The van der Waals surface area contributed by atoms with E-state index in [9.17, 15) is 4.79 Å². The normalized spacial score (nSPS) is 12.7. The summed E-state index contributed by atoms with van der Waals surface area (Å²) >= 11 is 0. The van der Waals surface area contributed by atoms with Crippen molar-refractivity contribution in [1.82, 2.24) is 5.32 Å². The van der Waals surface area contributed by atoms with Crippen LogP contribution >= 0.6 is 0 Å². The molecule has 78 valence electrons. The first-order valence-corrected chi connectivity index (χ1v) is 4.65. The van der Waals surface area contributed by atoms with Crippen LogP contribution < -0.4 is 5.32 Å². The fourth-order valence-electron chi connectivity index (χ4n) is 0.639. The topological polar surface area (TPSA) is 58.6 Å². The Hall–Kier alpha value is -0.770. The number of hydrogen-bond donors (Lipinski definition) is 2. The summed E-state index contributed by atoms with van der Waals surface area (Å²) in [6.07, 6.45) is -0.308. The molecule has 13 heavy (non-hydrogen) atoms. The van der Waals surface area contributed by atoms with Crippen molar-refractivity contribution >= 4 is 6.09 Å². The Morgan fingerprint density at radius 1 is 1.54 bits per heavy atom. The lowest BCUT2D eigenvalue weighted by atomic mass is 10.2. The van der Waals surface area contributed by atoms with Crippen LogP contribution in [0.1, 0.15) is 27.2 Å². The number of rotatable bonds is 5. The Labute approximate surface area is 79.3 Å². The molecule has 0 aromatic carbocycles. The lowest BCUT2D eigenvalue weighted by molar-refractivity contribution is 0.120. The van der Waals surface area contributed by atoms with Crippen molar-refractivity contribution in [3.63, 3.8) is 0 Å². The van der Waals surface area contributed by atoms with E-state index in [1.165, 1.54) is 0 Å². The monoisotopic (exact) mass is 189 g/mol. The number of aliphatic hydroxyl groups excluding tert-OH is 1. The first-order chi connectivity index (χ1) is 6.06. The van der Waals surface area contributed by atoms with Gasteiger partial charge < -0.3 is 15.2 Å². The van der Waals surface area contributed by atoms with Crippen LogP contribution in [0.15, 0.2) is 0 Å². The first-order valence-electron chi connectivity index (χ1n) is 4.65. The van der Waals surface area contributed by atoms with Gasteiger partial charge >= 0.3 is 6.09 Å². The average Bonchev–Trinajstić information content (AvgIpc) is 2.10. The van der Waals surface area contributed by atoms with Crippen molar-refractivity contribution < 1.29 is 14.6 Å². The molecular formula is C9H19NO3. The van der Waals surface area contributed by atoms with E-state index < -0.39 is 12.2 Å². The van der Waals surface area contributed by atoms with Gasteiger partial charge in [0.2, 0.25) is 0 Å². The predicted molar refractivity (Wildman–Crippen MR) is 50.5 cm³/mol. The summed E-state index contributed by atoms with van der Waals surface area (Å²) in [7, 11) is 0. The van der Waals surface area contributed by atoms with E-state index in [0.29, 0.717) is 18.9 Å². The van der Waals surface area contributed by atoms with E-state index in [1.807, 2.05) is 20.8 Å². The van der Waals surface area contributed by atoms with Crippen molar-refractivity contribution in [2.75, 3.05) is 13.2 Å². The zero-order valence-electron chi connectivity index (χ0n) is 8.54. The second kappa shape index (κ2) is 6.71. The molecule has 4 heteroatoms. The third-order valence-corrected chi connectivity index (χ3v) is 1.50. The smallest absolute Gasteiger partial charge is 0.407 e. The molecule has 0 rings (SSSR count). The van der Waals surface area contributed by atoms with E-state index in [0.717, 1.165) is 0 Å². The van der Waals surface area contributed by atoms with Gasteiger partial charge in [0, 0.05) is 6.54 Å². The summed E-state index contributed by atoms with van der Waals surface area (Å²) < 4.78 is 4.84. The van der Waals surface area contributed by atoms with Gasteiger partial charge in [-0.3, -0.25) is 0 Å². The number of carbonyl (C=O) groups excluding carboxylic acids is 1. The van der Waals surface area contributed by atoms with Crippen molar-refractivity contribution in [3.8, 4) is 0 Å². The Kier molecular flexibility index (Phi) is 6.32. The Balaban J connectivity index is 3.40. The minimum Gasteiger partial charge on any atom is -0.449 e. The summed E-state index contributed by atoms with van der Waals surface area (Å²) in [5.74, 6) is 0.335. The highest BCUT2D eigenvalue weighted by atomic mass is 16.5. The molecule has 0 saturated heterocycles. The molecule has 0 aromatic rings. The minimum atomic E-state index is -0.480. The molecule has 0 aliphatic heterocycles. The highest BCUT2D eigenvalue weighted by molar-refractivity contribution is 5.67. The second-order valence-electron chi connectivity index (χ2n) is 3.44. The highest BCUT2D eigenvalue weighted by Gasteiger charge is 2.05. The molecule has 1 unspecified atom stereocenters. The van der Waals surface area contributed by atoms with Crippen LogP contribution in [0.5, 0.6) is 0 Å². The van der Waals surface area contributed by atoms with Crippen molar-refractivity contribution in [3.05, 3.63) is 0 Å². The molecule has 0 saturated carbocycles. The van der Waals surface area contributed by atoms with E-state index in [1.54, 1.807) is 0 Å². The molecule has 2 N–H and O–H groups in total. The molecular weight excluding hydrogens is 170 g/mol. The molecule has 0 spiro atoms. The summed E-state index contributed by atoms with van der Waals surface area (Å²) in [5, 5.41) is 11.6. The van der Waals surface area contributed by atoms with E-state index in [-0.39, 0.29) is 6.54 Å². The van der Waals surface area contributed by atoms with Gasteiger partial charge in [-0.25, -0.2) is 4.79 Å². The fourth-order valence-corrected chi connectivity index (χ4v) is 0.639. The average molecular weight is 189 g/mol. The summed E-state index contributed by atoms with van der Waals surface area (Å²) in [6, 6.07) is 0. The van der Waals surface area contributed by atoms with Crippen LogP contribution in [0, 0.1) is 5.92 Å². The predicted octanol–water partition coefficient (Wildman–Crippen LogP) is 1.14. The lowest BCUT2D eigenvalue weighted by Gasteiger charge is -2.10. The molecule has 0 aromatic heterocycles. The molecule has 0 fully saturated rings. The van der Waals surface area contributed by atoms with Crippen LogP contribution in [0.2, 0.25) is 0 Å². The Morgan fingerprint density at radius 2 is 2.15 bits per heavy atom. The van der Waals surface area contributed by atoms with Gasteiger partial charge in [-0.2, -0.15) is 0 Å². The number of carbonyl (C=O) groups is 1. The van der Waals surface area contributed by atoms with E-state index >= 15 is 0 Å². The van der Waals surface area contributed by atoms with E-state index in [2.05, 4.69) is 5.32 Å². The van der Waals surface area contributed by atoms with Crippen LogP contribution in [-0.4, -0.2) is 30.5 Å². The van der Waals surface area contributed by atoms with Crippen LogP contribution in [0.25, 0.3) is 0 Å². The van der Waals surface area contributed by atoms with Gasteiger partial charge in [-0.1, -0.05) is 20.8 Å². The van der Waals surface area contributed by atoms with Gasteiger partial charge in [0.05, 0.1) is 12.7 Å². The van der Waals surface area contributed by atoms with Crippen LogP contribution in [0.3, 0.4) is 0 Å². The van der Waals surface area contributed by atoms with Gasteiger partial charge in [0.1, 0.15) is 0 Å². The molecule has 0 bridgehead atoms. The van der Waals surface area contributed by atoms with Crippen LogP contribution in [0.4, 0.5) is 4.79 Å². The van der Waals surface area contributed by atoms with Crippen molar-refractivity contribution in [2.45, 2.75) is 33.3 Å². The summed E-state index contributed by atoms with van der Waals surface area (Å²) in [5.41, 5.74) is 0. The van der Waals surface area contributed by atoms with E-state index in [4.69, 9.17) is 9.84 Å². The third kappa shape index (κ3) is 7.59. The zero-order chi connectivity index (χ0) is 10.3. The Bertz CT molecular complexity index is 148. The third-order valence-electron chi connectivity index (χ3n) is 1.50. The maximum Gasteiger partial charge on any atom is 0.407 e. The zero-order valence-corrected chi connectivity index (χ0v) is 8.54.